The van der Waals surface area contributed by atoms with Crippen molar-refractivity contribution in [1.82, 2.24) is 0 Å². The van der Waals surface area contributed by atoms with Crippen molar-refractivity contribution in [2.24, 2.45) is 5.73 Å². The first-order valence-electron chi connectivity index (χ1n) is 4.44. The first-order valence-corrected chi connectivity index (χ1v) is 4.44. The van der Waals surface area contributed by atoms with Crippen LogP contribution in [0.15, 0.2) is 0 Å². The van der Waals surface area contributed by atoms with E-state index in [2.05, 4.69) is 12.8 Å². The number of carbonyl (C=O) groups is 1. The van der Waals surface area contributed by atoms with Crippen LogP contribution in [0.5, 0.6) is 0 Å². The van der Waals surface area contributed by atoms with Gasteiger partial charge in [-0.05, 0) is 6.42 Å². The van der Waals surface area contributed by atoms with Crippen LogP contribution in [0.3, 0.4) is 0 Å². The van der Waals surface area contributed by atoms with Crippen LogP contribution in [0.4, 0.5) is 0 Å². The highest BCUT2D eigenvalue weighted by Gasteiger charge is 2.10. The summed E-state index contributed by atoms with van der Waals surface area (Å²) < 4.78 is 0. The van der Waals surface area contributed by atoms with Crippen LogP contribution in [-0.4, -0.2) is 11.8 Å². The summed E-state index contributed by atoms with van der Waals surface area (Å²) in [6, 6.07) is -0.293. The summed E-state index contributed by atoms with van der Waals surface area (Å²) in [6.07, 6.45) is 8.87. The van der Waals surface area contributed by atoms with Crippen molar-refractivity contribution in [3.63, 3.8) is 0 Å². The van der Waals surface area contributed by atoms with Crippen LogP contribution >= 0.6 is 0 Å². The molecule has 68 valence electrons. The van der Waals surface area contributed by atoms with E-state index in [1.54, 1.807) is 0 Å². The molecule has 0 aliphatic heterocycles. The van der Waals surface area contributed by atoms with Crippen molar-refractivity contribution in [1.29, 1.82) is 0 Å². The molecule has 0 bridgehead atoms. The predicted molar refractivity (Wildman–Crippen MR) is 50.6 cm³/mol. The first kappa shape index (κ1) is 11.2. The van der Waals surface area contributed by atoms with E-state index in [1.807, 2.05) is 0 Å². The molecule has 0 aliphatic carbocycles. The van der Waals surface area contributed by atoms with E-state index in [9.17, 15) is 4.79 Å². The fraction of sp³-hybridized carbons (Fsp3) is 0.700. The molecule has 2 nitrogen and oxygen atoms in total. The molecule has 0 saturated carbocycles. The second kappa shape index (κ2) is 6.87. The van der Waals surface area contributed by atoms with Crippen LogP contribution in [0.1, 0.15) is 39.0 Å². The van der Waals surface area contributed by atoms with Gasteiger partial charge in [-0.3, -0.25) is 4.79 Å². The monoisotopic (exact) mass is 167 g/mol. The molecule has 0 aromatic carbocycles. The van der Waals surface area contributed by atoms with Gasteiger partial charge in [0.1, 0.15) is 5.78 Å². The summed E-state index contributed by atoms with van der Waals surface area (Å²) in [5.41, 5.74) is 5.63. The number of Topliss-reactive ketones (excluding diaryl/α,β-unsaturated/α-hetero) is 1. The minimum atomic E-state index is -0.293. The Morgan fingerprint density at radius 3 is 2.83 bits per heavy atom. The van der Waals surface area contributed by atoms with Gasteiger partial charge in [0.25, 0.3) is 0 Å². The Labute approximate surface area is 74.5 Å². The molecule has 0 fully saturated rings. The normalized spacial score (nSPS) is 12.1. The summed E-state index contributed by atoms with van der Waals surface area (Å²) >= 11 is 0. The summed E-state index contributed by atoms with van der Waals surface area (Å²) in [5, 5.41) is 0. The number of unbranched alkanes of at least 4 members (excludes halogenated alkanes) is 1. The third kappa shape index (κ3) is 4.92. The molecule has 1 unspecified atom stereocenters. The number of terminal acetylenes is 1. The maximum absolute atomic E-state index is 11.2. The van der Waals surface area contributed by atoms with E-state index >= 15 is 0 Å². The first-order chi connectivity index (χ1) is 5.72. The second-order valence-corrected chi connectivity index (χ2v) is 2.92. The molecule has 0 aromatic rings. The van der Waals surface area contributed by atoms with E-state index in [1.165, 1.54) is 0 Å². The third-order valence-corrected chi connectivity index (χ3v) is 1.80. The third-order valence-electron chi connectivity index (χ3n) is 1.80. The quantitative estimate of drug-likeness (QED) is 0.609. The second-order valence-electron chi connectivity index (χ2n) is 2.92. The van der Waals surface area contributed by atoms with Gasteiger partial charge in [-0.1, -0.05) is 19.8 Å². The molecule has 0 rings (SSSR count). The Morgan fingerprint density at radius 1 is 1.67 bits per heavy atom. The maximum Gasteiger partial charge on any atom is 0.150 e. The molecule has 0 aliphatic rings. The molecule has 12 heavy (non-hydrogen) atoms. The van der Waals surface area contributed by atoms with E-state index in [0.29, 0.717) is 12.8 Å². The highest BCUT2D eigenvalue weighted by Crippen LogP contribution is 2.02. The van der Waals surface area contributed by atoms with Crippen molar-refractivity contribution in [3.05, 3.63) is 0 Å². The number of nitrogens with two attached hydrogens (primary N) is 1. The van der Waals surface area contributed by atoms with Crippen molar-refractivity contribution < 1.29 is 4.79 Å². The smallest absolute Gasteiger partial charge is 0.150 e. The number of hydrogen-bond acceptors (Lipinski definition) is 2. The molecule has 0 saturated heterocycles. The molecule has 0 aromatic heterocycles. The van der Waals surface area contributed by atoms with Crippen molar-refractivity contribution >= 4 is 5.78 Å². The number of ketones is 1. The van der Waals surface area contributed by atoms with Crippen LogP contribution in [0.2, 0.25) is 0 Å². The maximum atomic E-state index is 11.2. The van der Waals surface area contributed by atoms with E-state index in [-0.39, 0.29) is 11.8 Å². The van der Waals surface area contributed by atoms with Gasteiger partial charge in [-0.15, -0.1) is 12.3 Å². The lowest BCUT2D eigenvalue weighted by Crippen LogP contribution is -2.30. The average molecular weight is 167 g/mol. The van der Waals surface area contributed by atoms with Crippen LogP contribution < -0.4 is 5.73 Å². The van der Waals surface area contributed by atoms with Crippen LogP contribution in [0, 0.1) is 12.3 Å². The standard InChI is InChI=1S/C10H17NO/c1-3-5-7-9(11)10(12)8-6-4-2/h2,9H,3,5-8,11H2,1H3. The molecule has 2 heteroatoms. The van der Waals surface area contributed by atoms with Crippen molar-refractivity contribution in [3.8, 4) is 12.3 Å². The summed E-state index contributed by atoms with van der Waals surface area (Å²) in [4.78, 5) is 11.2. The Hall–Kier alpha value is -0.810. The van der Waals surface area contributed by atoms with Crippen molar-refractivity contribution in [2.75, 3.05) is 0 Å². The van der Waals surface area contributed by atoms with E-state index < -0.39 is 0 Å². The lowest BCUT2D eigenvalue weighted by Gasteiger charge is -2.07. The van der Waals surface area contributed by atoms with E-state index in [0.717, 1.165) is 19.3 Å². The summed E-state index contributed by atoms with van der Waals surface area (Å²) in [7, 11) is 0. The average Bonchev–Trinajstić information content (AvgIpc) is 2.10. The highest BCUT2D eigenvalue weighted by molar-refractivity contribution is 5.83. The van der Waals surface area contributed by atoms with Gasteiger partial charge in [0, 0.05) is 12.8 Å². The molecule has 2 N–H and O–H groups in total. The van der Waals surface area contributed by atoms with Gasteiger partial charge in [0.15, 0.2) is 0 Å². The zero-order valence-corrected chi connectivity index (χ0v) is 7.68. The Kier molecular flexibility index (Phi) is 6.41. The van der Waals surface area contributed by atoms with Crippen LogP contribution in [-0.2, 0) is 4.79 Å². The Bertz CT molecular complexity index is 169. The fourth-order valence-corrected chi connectivity index (χ4v) is 0.966. The summed E-state index contributed by atoms with van der Waals surface area (Å²) in [5.74, 6) is 2.53. The summed E-state index contributed by atoms with van der Waals surface area (Å²) in [6.45, 7) is 2.08. The number of carbonyl (C=O) groups excluding carboxylic acids is 1. The largest absolute Gasteiger partial charge is 0.322 e. The fourth-order valence-electron chi connectivity index (χ4n) is 0.966. The Balaban J connectivity index is 3.55. The van der Waals surface area contributed by atoms with Gasteiger partial charge in [0.05, 0.1) is 6.04 Å². The SMILES string of the molecule is C#CCCC(=O)C(N)CCCC. The minimum Gasteiger partial charge on any atom is -0.322 e. The molecular weight excluding hydrogens is 150 g/mol. The minimum absolute atomic E-state index is 0.0985. The van der Waals surface area contributed by atoms with Crippen molar-refractivity contribution in [2.45, 2.75) is 45.1 Å². The molecule has 0 amide bonds. The van der Waals surface area contributed by atoms with Crippen LogP contribution in [0.25, 0.3) is 0 Å². The molecule has 0 spiro atoms. The van der Waals surface area contributed by atoms with E-state index in [4.69, 9.17) is 12.2 Å². The van der Waals surface area contributed by atoms with Gasteiger partial charge in [0.2, 0.25) is 0 Å². The zero-order valence-electron chi connectivity index (χ0n) is 7.68. The van der Waals surface area contributed by atoms with Gasteiger partial charge in [-0.25, -0.2) is 0 Å². The predicted octanol–water partition coefficient (Wildman–Crippen LogP) is 1.49. The molecule has 1 atom stereocenters. The topological polar surface area (TPSA) is 43.1 Å². The Morgan fingerprint density at radius 2 is 2.33 bits per heavy atom. The molecule has 0 radical (unpaired) electrons. The molecular formula is C10H17NO. The van der Waals surface area contributed by atoms with Gasteiger partial charge < -0.3 is 5.73 Å². The molecule has 0 heterocycles. The number of hydrogen-bond donors (Lipinski definition) is 1. The lowest BCUT2D eigenvalue weighted by molar-refractivity contribution is -0.120. The van der Waals surface area contributed by atoms with Gasteiger partial charge in [-0.2, -0.15) is 0 Å². The zero-order chi connectivity index (χ0) is 9.40. The van der Waals surface area contributed by atoms with Gasteiger partial charge >= 0.3 is 0 Å². The number of rotatable bonds is 6. The highest BCUT2D eigenvalue weighted by atomic mass is 16.1. The lowest BCUT2D eigenvalue weighted by atomic mass is 10.0.